The van der Waals surface area contributed by atoms with Gasteiger partial charge in [-0.25, -0.2) is 4.68 Å². The lowest BCUT2D eigenvalue weighted by Crippen LogP contribution is -2.22. The number of fused-ring (bicyclic) bond motifs is 1. The van der Waals surface area contributed by atoms with Crippen molar-refractivity contribution in [2.24, 2.45) is 5.73 Å². The molecule has 1 aromatic heterocycles. The van der Waals surface area contributed by atoms with Crippen LogP contribution in [0, 0.1) is 0 Å². The van der Waals surface area contributed by atoms with Crippen molar-refractivity contribution in [2.45, 2.75) is 31.8 Å². The van der Waals surface area contributed by atoms with E-state index in [1.54, 1.807) is 0 Å². The lowest BCUT2D eigenvalue weighted by molar-refractivity contribution is 0.385. The molecule has 0 bridgehead atoms. The first-order chi connectivity index (χ1) is 8.38. The highest BCUT2D eigenvalue weighted by molar-refractivity contribution is 5.30. The molecule has 1 aliphatic rings. The molecular formula is C12H15N5. The quantitative estimate of drug-likeness (QED) is 0.829. The maximum absolute atomic E-state index is 5.63. The average Bonchev–Trinajstić information content (AvgIpc) is 2.86. The summed E-state index contributed by atoms with van der Waals surface area (Å²) in [5.41, 5.74) is 8.49. The standard InChI is InChI=1S/C12H15N5/c13-8-12-14-15-16-17(12)11-6-5-9-3-1-2-4-10(9)7-11/h1-4,11H,5-8,13H2. The van der Waals surface area contributed by atoms with Gasteiger partial charge in [0.1, 0.15) is 0 Å². The molecule has 0 radical (unpaired) electrons. The second-order valence-electron chi connectivity index (χ2n) is 4.41. The molecule has 0 amide bonds. The molecule has 0 fully saturated rings. The van der Waals surface area contributed by atoms with Gasteiger partial charge >= 0.3 is 0 Å². The molecule has 5 heteroatoms. The van der Waals surface area contributed by atoms with Gasteiger partial charge in [-0.15, -0.1) is 5.10 Å². The molecule has 17 heavy (non-hydrogen) atoms. The highest BCUT2D eigenvalue weighted by atomic mass is 15.6. The van der Waals surface area contributed by atoms with Gasteiger partial charge in [0.15, 0.2) is 5.82 Å². The molecule has 0 aliphatic heterocycles. The zero-order valence-corrected chi connectivity index (χ0v) is 9.58. The number of aryl methyl sites for hydroxylation is 1. The smallest absolute Gasteiger partial charge is 0.165 e. The molecule has 2 N–H and O–H groups in total. The zero-order valence-electron chi connectivity index (χ0n) is 9.58. The van der Waals surface area contributed by atoms with Gasteiger partial charge in [-0.3, -0.25) is 0 Å². The summed E-state index contributed by atoms with van der Waals surface area (Å²) in [7, 11) is 0. The van der Waals surface area contributed by atoms with Crippen LogP contribution in [0.15, 0.2) is 24.3 Å². The van der Waals surface area contributed by atoms with E-state index in [0.29, 0.717) is 12.6 Å². The van der Waals surface area contributed by atoms with E-state index in [0.717, 1.165) is 25.1 Å². The van der Waals surface area contributed by atoms with Crippen molar-refractivity contribution in [3.63, 3.8) is 0 Å². The first-order valence-corrected chi connectivity index (χ1v) is 5.92. The van der Waals surface area contributed by atoms with Crippen LogP contribution in [0.5, 0.6) is 0 Å². The SMILES string of the molecule is NCc1nnnn1C1CCc2ccccc2C1. The number of rotatable bonds is 2. The van der Waals surface area contributed by atoms with Crippen molar-refractivity contribution in [1.29, 1.82) is 0 Å². The van der Waals surface area contributed by atoms with Crippen LogP contribution in [0.3, 0.4) is 0 Å². The summed E-state index contributed by atoms with van der Waals surface area (Å²) < 4.78 is 1.88. The Kier molecular flexibility index (Phi) is 2.60. The molecule has 88 valence electrons. The maximum atomic E-state index is 5.63. The minimum atomic E-state index is 0.346. The largest absolute Gasteiger partial charge is 0.324 e. The molecule has 2 aromatic rings. The van der Waals surface area contributed by atoms with E-state index in [4.69, 9.17) is 5.73 Å². The summed E-state index contributed by atoms with van der Waals surface area (Å²) in [6.45, 7) is 0.394. The Labute approximate surface area is 99.6 Å². The number of benzene rings is 1. The maximum Gasteiger partial charge on any atom is 0.165 e. The van der Waals surface area contributed by atoms with Crippen molar-refractivity contribution in [3.8, 4) is 0 Å². The Morgan fingerprint density at radius 2 is 2.12 bits per heavy atom. The van der Waals surface area contributed by atoms with Gasteiger partial charge in [0.2, 0.25) is 0 Å². The number of aromatic nitrogens is 4. The van der Waals surface area contributed by atoms with E-state index in [-0.39, 0.29) is 0 Å². The number of hydrogen-bond acceptors (Lipinski definition) is 4. The molecule has 1 heterocycles. The lowest BCUT2D eigenvalue weighted by Gasteiger charge is -2.24. The van der Waals surface area contributed by atoms with Crippen LogP contribution >= 0.6 is 0 Å². The minimum Gasteiger partial charge on any atom is -0.324 e. The van der Waals surface area contributed by atoms with Crippen LogP contribution < -0.4 is 5.73 Å². The fourth-order valence-electron chi connectivity index (χ4n) is 2.52. The van der Waals surface area contributed by atoms with E-state index in [2.05, 4.69) is 39.8 Å². The Bertz CT molecular complexity index is 519. The third-order valence-electron chi connectivity index (χ3n) is 3.41. The van der Waals surface area contributed by atoms with Gasteiger partial charge in [0.25, 0.3) is 0 Å². The molecule has 0 saturated carbocycles. The van der Waals surface area contributed by atoms with Gasteiger partial charge < -0.3 is 5.73 Å². The second kappa shape index (κ2) is 4.25. The monoisotopic (exact) mass is 229 g/mol. The molecule has 5 nitrogen and oxygen atoms in total. The van der Waals surface area contributed by atoms with Crippen LogP contribution in [-0.2, 0) is 19.4 Å². The van der Waals surface area contributed by atoms with Gasteiger partial charge in [-0.05, 0) is 40.8 Å². The average molecular weight is 229 g/mol. The summed E-state index contributed by atoms with van der Waals surface area (Å²) in [6.07, 6.45) is 3.16. The molecule has 0 saturated heterocycles. The Morgan fingerprint density at radius 3 is 2.94 bits per heavy atom. The van der Waals surface area contributed by atoms with E-state index < -0.39 is 0 Å². The third kappa shape index (κ3) is 1.82. The number of nitrogens with two attached hydrogens (primary N) is 1. The molecule has 0 spiro atoms. The summed E-state index contributed by atoms with van der Waals surface area (Å²) in [6, 6.07) is 8.92. The van der Waals surface area contributed by atoms with Gasteiger partial charge in [-0.1, -0.05) is 24.3 Å². The van der Waals surface area contributed by atoms with Crippen molar-refractivity contribution in [2.75, 3.05) is 0 Å². The predicted molar refractivity (Wildman–Crippen MR) is 63.2 cm³/mol. The topological polar surface area (TPSA) is 69.6 Å². The summed E-state index contributed by atoms with van der Waals surface area (Å²) in [5, 5.41) is 11.7. The number of hydrogen-bond donors (Lipinski definition) is 1. The van der Waals surface area contributed by atoms with E-state index in [1.807, 2.05) is 4.68 Å². The second-order valence-corrected chi connectivity index (χ2v) is 4.41. The lowest BCUT2D eigenvalue weighted by atomic mass is 9.88. The summed E-state index contributed by atoms with van der Waals surface area (Å²) >= 11 is 0. The Morgan fingerprint density at radius 1 is 1.29 bits per heavy atom. The highest BCUT2D eigenvalue weighted by Crippen LogP contribution is 2.28. The number of tetrazole rings is 1. The van der Waals surface area contributed by atoms with E-state index >= 15 is 0 Å². The van der Waals surface area contributed by atoms with E-state index in [1.165, 1.54) is 11.1 Å². The van der Waals surface area contributed by atoms with Gasteiger partial charge in [0.05, 0.1) is 12.6 Å². The van der Waals surface area contributed by atoms with Crippen LogP contribution in [0.2, 0.25) is 0 Å². The summed E-state index contributed by atoms with van der Waals surface area (Å²) in [4.78, 5) is 0. The van der Waals surface area contributed by atoms with Crippen LogP contribution in [0.4, 0.5) is 0 Å². The fraction of sp³-hybridized carbons (Fsp3) is 0.417. The first kappa shape index (κ1) is 10.4. The summed E-state index contributed by atoms with van der Waals surface area (Å²) in [5.74, 6) is 0.773. The van der Waals surface area contributed by atoms with Crippen molar-refractivity contribution < 1.29 is 0 Å². The van der Waals surface area contributed by atoms with Gasteiger partial charge in [-0.2, -0.15) is 0 Å². The molecule has 1 unspecified atom stereocenters. The Balaban J connectivity index is 1.89. The Hall–Kier alpha value is -1.75. The molecule has 1 aromatic carbocycles. The minimum absolute atomic E-state index is 0.346. The van der Waals surface area contributed by atoms with Gasteiger partial charge in [0, 0.05) is 0 Å². The molecule has 1 atom stereocenters. The number of nitrogens with zero attached hydrogens (tertiary/aromatic N) is 4. The fourth-order valence-corrected chi connectivity index (χ4v) is 2.52. The predicted octanol–water partition coefficient (Wildman–Crippen LogP) is 0.862. The first-order valence-electron chi connectivity index (χ1n) is 5.92. The molecule has 1 aliphatic carbocycles. The van der Waals surface area contributed by atoms with E-state index in [9.17, 15) is 0 Å². The van der Waals surface area contributed by atoms with Crippen LogP contribution in [0.1, 0.15) is 29.4 Å². The van der Waals surface area contributed by atoms with Crippen LogP contribution in [-0.4, -0.2) is 20.2 Å². The van der Waals surface area contributed by atoms with Crippen molar-refractivity contribution >= 4 is 0 Å². The van der Waals surface area contributed by atoms with Crippen LogP contribution in [0.25, 0.3) is 0 Å². The normalized spacial score (nSPS) is 19.0. The van der Waals surface area contributed by atoms with Crippen molar-refractivity contribution in [1.82, 2.24) is 20.2 Å². The zero-order chi connectivity index (χ0) is 11.7. The molecular weight excluding hydrogens is 214 g/mol. The van der Waals surface area contributed by atoms with Crippen molar-refractivity contribution in [3.05, 3.63) is 41.2 Å². The molecule has 3 rings (SSSR count). The highest BCUT2D eigenvalue weighted by Gasteiger charge is 2.22. The third-order valence-corrected chi connectivity index (χ3v) is 3.41.